The van der Waals surface area contributed by atoms with E-state index in [4.69, 9.17) is 21.9 Å². The van der Waals surface area contributed by atoms with Gasteiger partial charge in [-0.15, -0.1) is 0 Å². The van der Waals surface area contributed by atoms with Gasteiger partial charge < -0.3 is 30.4 Å². The van der Waals surface area contributed by atoms with Crippen LogP contribution in [0.5, 0.6) is 0 Å². The number of anilines is 3. The lowest BCUT2D eigenvalue weighted by molar-refractivity contribution is 0.0920. The van der Waals surface area contributed by atoms with E-state index in [0.29, 0.717) is 34.2 Å². The molecule has 0 aliphatic carbocycles. The van der Waals surface area contributed by atoms with Gasteiger partial charge in [0.05, 0.1) is 42.8 Å². The summed E-state index contributed by atoms with van der Waals surface area (Å²) in [6, 6.07) is 4.88. The molecule has 38 heavy (non-hydrogen) atoms. The molecular formula is C24H33ClN10O3. The third kappa shape index (κ3) is 7.45. The topological polar surface area (TPSA) is 175 Å². The first-order valence-electron chi connectivity index (χ1n) is 12.3. The fourth-order valence-corrected chi connectivity index (χ4v) is 3.80. The highest BCUT2D eigenvalue weighted by atomic mass is 35.5. The van der Waals surface area contributed by atoms with E-state index in [1.54, 1.807) is 24.5 Å². The number of carbonyl (C=O) groups is 1. The number of azide groups is 1. The number of ether oxygens (including phenoxy) is 1. The molecule has 0 saturated carbocycles. The highest BCUT2D eigenvalue weighted by Gasteiger charge is 2.19. The van der Waals surface area contributed by atoms with Crippen molar-refractivity contribution >= 4 is 46.1 Å². The van der Waals surface area contributed by atoms with Gasteiger partial charge in [-0.05, 0) is 43.5 Å². The summed E-state index contributed by atoms with van der Waals surface area (Å²) in [6.07, 6.45) is 1.71. The summed E-state index contributed by atoms with van der Waals surface area (Å²) in [6.45, 7) is 9.09. The quantitative estimate of drug-likeness (QED) is 0.100. The molecule has 0 radical (unpaired) electrons. The zero-order chi connectivity index (χ0) is 27.7. The second kappa shape index (κ2) is 13.8. The van der Waals surface area contributed by atoms with E-state index in [0.717, 1.165) is 0 Å². The monoisotopic (exact) mass is 544 g/mol. The van der Waals surface area contributed by atoms with Crippen molar-refractivity contribution in [3.8, 4) is 0 Å². The largest absolute Gasteiger partial charge is 0.394 e. The first kappa shape index (κ1) is 28.9. The SMILES string of the molecule is CC(C)C(CO)Nc1nc(Nc2ccc(C(=O)NCCOCCN=[N+]=[N-])c(Cl)c2)c2ncn(C(C)C)c2n1. The van der Waals surface area contributed by atoms with Crippen LogP contribution in [0.4, 0.5) is 17.5 Å². The summed E-state index contributed by atoms with van der Waals surface area (Å²) in [5, 5.41) is 22.6. The Labute approximate surface area is 225 Å². The molecule has 3 aromatic rings. The maximum Gasteiger partial charge on any atom is 0.252 e. The van der Waals surface area contributed by atoms with Crippen LogP contribution in [0.3, 0.4) is 0 Å². The summed E-state index contributed by atoms with van der Waals surface area (Å²) in [4.78, 5) is 29.0. The number of aliphatic hydroxyl groups excluding tert-OH is 1. The number of amides is 1. The zero-order valence-corrected chi connectivity index (χ0v) is 22.6. The third-order valence-electron chi connectivity index (χ3n) is 5.70. The summed E-state index contributed by atoms with van der Waals surface area (Å²) in [5.74, 6) is 0.644. The van der Waals surface area contributed by atoms with Crippen LogP contribution in [0.25, 0.3) is 21.6 Å². The number of nitrogens with zero attached hydrogens (tertiary/aromatic N) is 7. The van der Waals surface area contributed by atoms with Crippen molar-refractivity contribution in [3.63, 3.8) is 0 Å². The normalized spacial score (nSPS) is 12.0. The number of rotatable bonds is 14. The Balaban J connectivity index is 1.78. The van der Waals surface area contributed by atoms with E-state index < -0.39 is 0 Å². The Morgan fingerprint density at radius 1 is 1.26 bits per heavy atom. The first-order valence-corrected chi connectivity index (χ1v) is 12.7. The zero-order valence-electron chi connectivity index (χ0n) is 21.8. The van der Waals surface area contributed by atoms with E-state index in [9.17, 15) is 9.90 Å². The first-order chi connectivity index (χ1) is 18.2. The lowest BCUT2D eigenvalue weighted by atomic mass is 10.1. The standard InChI is InChI=1S/C24H33ClN10O3/c1-14(2)19(12-36)31-24-32-21(20-22(33-24)35(13-28-20)15(3)4)30-16-5-6-17(18(25)11-16)23(37)27-7-9-38-10-8-29-34-26/h5-6,11,13-15,19,36H,7-10,12H2,1-4H3,(H,27,37)(H2,30,31,32,33). The van der Waals surface area contributed by atoms with Crippen LogP contribution in [-0.2, 0) is 4.74 Å². The van der Waals surface area contributed by atoms with Crippen molar-refractivity contribution in [1.82, 2.24) is 24.8 Å². The number of aromatic nitrogens is 4. The van der Waals surface area contributed by atoms with Gasteiger partial charge in [-0.1, -0.05) is 30.6 Å². The molecule has 0 bridgehead atoms. The molecule has 0 aliphatic heterocycles. The Morgan fingerprint density at radius 3 is 2.71 bits per heavy atom. The van der Waals surface area contributed by atoms with E-state index in [1.807, 2.05) is 32.3 Å². The molecule has 1 amide bonds. The average molecular weight is 545 g/mol. The van der Waals surface area contributed by atoms with Crippen molar-refractivity contribution in [1.29, 1.82) is 0 Å². The van der Waals surface area contributed by atoms with Crippen LogP contribution in [0, 0.1) is 5.92 Å². The van der Waals surface area contributed by atoms with Crippen molar-refractivity contribution in [3.05, 3.63) is 45.6 Å². The molecule has 204 valence electrons. The van der Waals surface area contributed by atoms with Gasteiger partial charge in [0.25, 0.3) is 5.91 Å². The molecule has 1 unspecified atom stereocenters. The predicted octanol–water partition coefficient (Wildman–Crippen LogP) is 4.29. The lowest BCUT2D eigenvalue weighted by Gasteiger charge is -2.20. The molecule has 2 heterocycles. The minimum atomic E-state index is -0.337. The van der Waals surface area contributed by atoms with Crippen LogP contribution in [0.15, 0.2) is 29.6 Å². The number of hydrogen-bond acceptors (Lipinski definition) is 9. The second-order valence-electron chi connectivity index (χ2n) is 9.13. The molecule has 3 rings (SSSR count). The van der Waals surface area contributed by atoms with Crippen molar-refractivity contribution < 1.29 is 14.6 Å². The maximum absolute atomic E-state index is 12.5. The Kier molecular flexibility index (Phi) is 10.5. The summed E-state index contributed by atoms with van der Waals surface area (Å²) in [7, 11) is 0. The van der Waals surface area contributed by atoms with Crippen LogP contribution >= 0.6 is 11.6 Å². The number of nitrogens with one attached hydrogen (secondary N) is 3. The van der Waals surface area contributed by atoms with Crippen LogP contribution < -0.4 is 16.0 Å². The minimum Gasteiger partial charge on any atom is -0.394 e. The number of fused-ring (bicyclic) bond motifs is 1. The Hall–Kier alpha value is -3.64. The lowest BCUT2D eigenvalue weighted by Crippen LogP contribution is -2.30. The minimum absolute atomic E-state index is 0.0632. The Morgan fingerprint density at radius 2 is 2.05 bits per heavy atom. The van der Waals surface area contributed by atoms with Crippen molar-refractivity contribution in [2.24, 2.45) is 11.0 Å². The van der Waals surface area contributed by atoms with E-state index in [1.165, 1.54) is 0 Å². The van der Waals surface area contributed by atoms with Crippen LogP contribution in [0.1, 0.15) is 44.1 Å². The van der Waals surface area contributed by atoms with Gasteiger partial charge in [0.1, 0.15) is 0 Å². The van der Waals surface area contributed by atoms with Crippen molar-refractivity contribution in [2.45, 2.75) is 39.8 Å². The number of imidazole rings is 1. The van der Waals surface area contributed by atoms with E-state index >= 15 is 0 Å². The highest BCUT2D eigenvalue weighted by Crippen LogP contribution is 2.28. The van der Waals surface area contributed by atoms with E-state index in [2.05, 4.69) is 40.9 Å². The van der Waals surface area contributed by atoms with Gasteiger partial charge in [0.15, 0.2) is 17.0 Å². The molecule has 0 spiro atoms. The van der Waals surface area contributed by atoms with Crippen LogP contribution in [0.2, 0.25) is 5.02 Å². The molecule has 13 nitrogen and oxygen atoms in total. The molecule has 1 atom stereocenters. The number of halogens is 1. The summed E-state index contributed by atoms with van der Waals surface area (Å²) < 4.78 is 7.22. The predicted molar refractivity (Wildman–Crippen MR) is 147 cm³/mol. The number of benzene rings is 1. The number of aliphatic hydroxyl groups is 1. The summed E-state index contributed by atoms with van der Waals surface area (Å²) >= 11 is 6.43. The van der Waals surface area contributed by atoms with E-state index in [-0.39, 0.29) is 61.8 Å². The second-order valence-corrected chi connectivity index (χ2v) is 9.54. The molecule has 1 aromatic carbocycles. The molecule has 2 aromatic heterocycles. The third-order valence-corrected chi connectivity index (χ3v) is 6.01. The summed E-state index contributed by atoms with van der Waals surface area (Å²) in [5.41, 5.74) is 10.4. The van der Waals surface area contributed by atoms with Gasteiger partial charge in [0.2, 0.25) is 5.95 Å². The number of carbonyl (C=O) groups excluding carboxylic acids is 1. The Bertz CT molecular complexity index is 1290. The van der Waals surface area contributed by atoms with Crippen LogP contribution in [-0.4, -0.2) is 69.5 Å². The molecule has 0 saturated heterocycles. The fraction of sp³-hybridized carbons (Fsp3) is 0.500. The van der Waals surface area contributed by atoms with Gasteiger partial charge in [-0.2, -0.15) is 9.97 Å². The number of hydrogen-bond donors (Lipinski definition) is 4. The molecule has 14 heteroatoms. The molecule has 4 N–H and O–H groups in total. The molecular weight excluding hydrogens is 512 g/mol. The molecule has 0 fully saturated rings. The van der Waals surface area contributed by atoms with Gasteiger partial charge in [-0.25, -0.2) is 4.98 Å². The van der Waals surface area contributed by atoms with Gasteiger partial charge in [0, 0.05) is 29.7 Å². The highest BCUT2D eigenvalue weighted by molar-refractivity contribution is 6.34. The maximum atomic E-state index is 12.5. The van der Waals surface area contributed by atoms with Gasteiger partial charge in [-0.3, -0.25) is 4.79 Å². The average Bonchev–Trinajstić information content (AvgIpc) is 3.31. The van der Waals surface area contributed by atoms with Crippen molar-refractivity contribution in [2.75, 3.05) is 43.5 Å². The van der Waals surface area contributed by atoms with Gasteiger partial charge >= 0.3 is 0 Å². The molecule has 0 aliphatic rings. The fourth-order valence-electron chi connectivity index (χ4n) is 3.53. The smallest absolute Gasteiger partial charge is 0.252 e.